The average Bonchev–Trinajstić information content (AvgIpc) is 3.38. The number of furan rings is 1. The first-order valence-corrected chi connectivity index (χ1v) is 10.6. The van der Waals surface area contributed by atoms with Crippen LogP contribution in [0.25, 0.3) is 10.8 Å². The summed E-state index contributed by atoms with van der Waals surface area (Å²) >= 11 is 1.34. The molecule has 0 aliphatic carbocycles. The zero-order chi connectivity index (χ0) is 21.3. The van der Waals surface area contributed by atoms with E-state index in [4.69, 9.17) is 4.42 Å². The van der Waals surface area contributed by atoms with Gasteiger partial charge >= 0.3 is 0 Å². The van der Waals surface area contributed by atoms with Crippen LogP contribution in [0.15, 0.2) is 46.2 Å². The average molecular weight is 423 g/mol. The molecule has 0 spiro atoms. The van der Waals surface area contributed by atoms with Crippen molar-refractivity contribution < 1.29 is 18.8 Å². The first-order valence-electron chi connectivity index (χ1n) is 9.70. The van der Waals surface area contributed by atoms with Gasteiger partial charge in [0, 0.05) is 17.5 Å². The molecule has 4 rings (SSSR count). The molecule has 1 aliphatic rings. The van der Waals surface area contributed by atoms with Crippen LogP contribution in [0.3, 0.4) is 0 Å². The van der Waals surface area contributed by atoms with Gasteiger partial charge in [-0.25, -0.2) is 4.98 Å². The fraction of sp³-hybridized carbons (Fsp3) is 0.273. The van der Waals surface area contributed by atoms with Crippen LogP contribution in [-0.4, -0.2) is 22.7 Å². The second kappa shape index (κ2) is 7.87. The standard InChI is InChI=1S/C22H21N3O4S/c1-3-22(11-10-18(26)25-21(22)28)14-5-7-15(8-6-14)23-19(27)16-12-30-20(24-16)17-9-4-13(2)29-17/h4-9,12H,3,10-11H2,1-2H3,(H,23,27)(H,25,26,28). The zero-order valence-electron chi connectivity index (χ0n) is 16.7. The number of imide groups is 1. The van der Waals surface area contributed by atoms with E-state index in [9.17, 15) is 14.4 Å². The van der Waals surface area contributed by atoms with E-state index in [-0.39, 0.29) is 17.7 Å². The van der Waals surface area contributed by atoms with Crippen LogP contribution < -0.4 is 10.6 Å². The van der Waals surface area contributed by atoms with Gasteiger partial charge in [0.1, 0.15) is 11.5 Å². The molecule has 3 heterocycles. The Morgan fingerprint density at radius 3 is 2.63 bits per heavy atom. The summed E-state index contributed by atoms with van der Waals surface area (Å²) in [6, 6.07) is 10.9. The number of piperidine rings is 1. The Bertz CT molecular complexity index is 1120. The highest BCUT2D eigenvalue weighted by Crippen LogP contribution is 2.36. The van der Waals surface area contributed by atoms with Crippen LogP contribution in [0.2, 0.25) is 0 Å². The van der Waals surface area contributed by atoms with Crippen molar-refractivity contribution in [2.24, 2.45) is 0 Å². The van der Waals surface area contributed by atoms with Gasteiger partial charge in [0.05, 0.1) is 5.41 Å². The van der Waals surface area contributed by atoms with E-state index < -0.39 is 5.41 Å². The molecular formula is C22H21N3O4S. The number of nitrogens with zero attached hydrogens (tertiary/aromatic N) is 1. The van der Waals surface area contributed by atoms with Crippen molar-refractivity contribution in [3.63, 3.8) is 0 Å². The Balaban J connectivity index is 1.48. The highest BCUT2D eigenvalue weighted by atomic mass is 32.1. The molecule has 1 fully saturated rings. The maximum Gasteiger partial charge on any atom is 0.275 e. The van der Waals surface area contributed by atoms with Crippen molar-refractivity contribution in [2.75, 3.05) is 5.32 Å². The molecule has 1 aliphatic heterocycles. The van der Waals surface area contributed by atoms with Crippen molar-refractivity contribution in [3.05, 3.63) is 58.8 Å². The Hall–Kier alpha value is -3.26. The molecule has 8 heteroatoms. The molecule has 0 radical (unpaired) electrons. The number of hydrogen-bond acceptors (Lipinski definition) is 6. The van der Waals surface area contributed by atoms with Gasteiger partial charge in [-0.3, -0.25) is 19.7 Å². The molecule has 1 atom stereocenters. The van der Waals surface area contributed by atoms with Crippen LogP contribution in [-0.2, 0) is 15.0 Å². The summed E-state index contributed by atoms with van der Waals surface area (Å²) < 4.78 is 5.55. The first-order chi connectivity index (χ1) is 14.4. The van der Waals surface area contributed by atoms with E-state index in [2.05, 4.69) is 15.6 Å². The molecule has 0 bridgehead atoms. The fourth-order valence-electron chi connectivity index (χ4n) is 3.67. The molecule has 0 saturated carbocycles. The number of anilines is 1. The Morgan fingerprint density at radius 2 is 2.00 bits per heavy atom. The number of aromatic nitrogens is 1. The number of aryl methyl sites for hydroxylation is 1. The number of nitrogens with one attached hydrogen (secondary N) is 2. The first kappa shape index (κ1) is 20.0. The maximum atomic E-state index is 12.6. The predicted octanol–water partition coefficient (Wildman–Crippen LogP) is 4.05. The summed E-state index contributed by atoms with van der Waals surface area (Å²) in [6.45, 7) is 3.79. The maximum absolute atomic E-state index is 12.6. The summed E-state index contributed by atoms with van der Waals surface area (Å²) in [5.41, 5.74) is 1.02. The molecule has 3 amide bonds. The number of carbonyl (C=O) groups is 3. The second-order valence-corrected chi connectivity index (χ2v) is 8.15. The van der Waals surface area contributed by atoms with E-state index in [0.29, 0.717) is 41.4 Å². The van der Waals surface area contributed by atoms with Crippen molar-refractivity contribution >= 4 is 34.7 Å². The van der Waals surface area contributed by atoms with E-state index in [1.54, 1.807) is 17.5 Å². The van der Waals surface area contributed by atoms with Crippen molar-refractivity contribution in [1.82, 2.24) is 10.3 Å². The molecule has 1 unspecified atom stereocenters. The Kier molecular flexibility index (Phi) is 5.26. The number of carbonyl (C=O) groups excluding carboxylic acids is 3. The number of amides is 3. The van der Waals surface area contributed by atoms with E-state index >= 15 is 0 Å². The summed E-state index contributed by atoms with van der Waals surface area (Å²) in [5.74, 6) is 0.600. The molecule has 1 saturated heterocycles. The molecule has 7 nitrogen and oxygen atoms in total. The van der Waals surface area contributed by atoms with Crippen LogP contribution in [0.5, 0.6) is 0 Å². The lowest BCUT2D eigenvalue weighted by Gasteiger charge is -2.35. The largest absolute Gasteiger partial charge is 0.459 e. The lowest BCUT2D eigenvalue weighted by molar-refractivity contribution is -0.138. The Morgan fingerprint density at radius 1 is 1.23 bits per heavy atom. The van der Waals surface area contributed by atoms with Crippen LogP contribution in [0.4, 0.5) is 5.69 Å². The highest BCUT2D eigenvalue weighted by molar-refractivity contribution is 7.13. The number of benzene rings is 1. The topological polar surface area (TPSA) is 101 Å². The molecule has 3 aromatic rings. The van der Waals surface area contributed by atoms with Crippen LogP contribution in [0.1, 0.15) is 48.0 Å². The molecule has 30 heavy (non-hydrogen) atoms. The third kappa shape index (κ3) is 3.66. The van der Waals surface area contributed by atoms with E-state index in [0.717, 1.165) is 11.3 Å². The van der Waals surface area contributed by atoms with Gasteiger partial charge in [0.15, 0.2) is 10.8 Å². The minimum Gasteiger partial charge on any atom is -0.459 e. The minimum atomic E-state index is -0.721. The fourth-order valence-corrected chi connectivity index (χ4v) is 4.43. The van der Waals surface area contributed by atoms with Gasteiger partial charge in [-0.2, -0.15) is 0 Å². The molecular weight excluding hydrogens is 402 g/mol. The summed E-state index contributed by atoms with van der Waals surface area (Å²) in [5, 5.41) is 7.60. The van der Waals surface area contributed by atoms with Gasteiger partial charge in [-0.05, 0) is 49.6 Å². The van der Waals surface area contributed by atoms with Gasteiger partial charge < -0.3 is 9.73 Å². The minimum absolute atomic E-state index is 0.236. The lowest BCUT2D eigenvalue weighted by Crippen LogP contribution is -2.51. The molecule has 2 N–H and O–H groups in total. The molecule has 2 aromatic heterocycles. The van der Waals surface area contributed by atoms with Gasteiger partial charge in [-0.15, -0.1) is 11.3 Å². The van der Waals surface area contributed by atoms with Crippen molar-refractivity contribution in [1.29, 1.82) is 0 Å². The monoisotopic (exact) mass is 423 g/mol. The third-order valence-electron chi connectivity index (χ3n) is 5.45. The van der Waals surface area contributed by atoms with E-state index in [1.807, 2.05) is 38.1 Å². The quantitative estimate of drug-likeness (QED) is 0.603. The SMILES string of the molecule is CCC1(c2ccc(NC(=O)c3csc(-c4ccc(C)o4)n3)cc2)CCC(=O)NC1=O. The van der Waals surface area contributed by atoms with Crippen molar-refractivity contribution in [2.45, 2.75) is 38.5 Å². The zero-order valence-corrected chi connectivity index (χ0v) is 17.5. The summed E-state index contributed by atoms with van der Waals surface area (Å²) in [6.07, 6.45) is 1.39. The normalized spacial score (nSPS) is 18.9. The van der Waals surface area contributed by atoms with E-state index in [1.165, 1.54) is 11.3 Å². The summed E-state index contributed by atoms with van der Waals surface area (Å²) in [4.78, 5) is 40.9. The Labute approximate surface area is 177 Å². The van der Waals surface area contributed by atoms with Crippen LogP contribution in [0, 0.1) is 6.92 Å². The molecule has 154 valence electrons. The van der Waals surface area contributed by atoms with Gasteiger partial charge in [0.2, 0.25) is 11.8 Å². The van der Waals surface area contributed by atoms with Gasteiger partial charge in [-0.1, -0.05) is 19.1 Å². The summed E-state index contributed by atoms with van der Waals surface area (Å²) in [7, 11) is 0. The predicted molar refractivity (Wildman–Crippen MR) is 113 cm³/mol. The van der Waals surface area contributed by atoms with Crippen molar-refractivity contribution in [3.8, 4) is 10.8 Å². The molecule has 1 aromatic carbocycles. The lowest BCUT2D eigenvalue weighted by atomic mass is 9.72. The number of hydrogen-bond donors (Lipinski definition) is 2. The van der Waals surface area contributed by atoms with Gasteiger partial charge in [0.25, 0.3) is 5.91 Å². The second-order valence-electron chi connectivity index (χ2n) is 7.29. The highest BCUT2D eigenvalue weighted by Gasteiger charge is 2.42. The number of thiazole rings is 1. The third-order valence-corrected chi connectivity index (χ3v) is 6.31. The number of rotatable bonds is 5. The van der Waals surface area contributed by atoms with Crippen LogP contribution >= 0.6 is 11.3 Å². The smallest absolute Gasteiger partial charge is 0.275 e.